The van der Waals surface area contributed by atoms with Gasteiger partial charge in [0.1, 0.15) is 23.7 Å². The molecule has 16 heteroatoms. The van der Waals surface area contributed by atoms with Crippen molar-refractivity contribution < 1.29 is 44.7 Å². The molecule has 0 fully saturated rings. The van der Waals surface area contributed by atoms with Crippen LogP contribution in [0.3, 0.4) is 0 Å². The minimum Gasteiger partial charge on any atom is -0.435 e. The van der Waals surface area contributed by atoms with Crippen LogP contribution in [0.15, 0.2) is 65.8 Å². The van der Waals surface area contributed by atoms with Gasteiger partial charge in [-0.05, 0) is 46.9 Å². The summed E-state index contributed by atoms with van der Waals surface area (Å²) in [7, 11) is -3.97. The Morgan fingerprint density at radius 1 is 0.972 bits per heavy atom. The Kier molecular flexibility index (Phi) is 7.89. The minimum atomic E-state index is -5.38. The van der Waals surface area contributed by atoms with Crippen LogP contribution in [-0.2, 0) is 19.7 Å². The monoisotopic (exact) mass is 533 g/mol. The van der Waals surface area contributed by atoms with Crippen LogP contribution in [0, 0.1) is 0 Å². The molecule has 1 heterocycles. The van der Waals surface area contributed by atoms with E-state index in [1.807, 2.05) is 0 Å². The van der Waals surface area contributed by atoms with E-state index in [-0.39, 0.29) is 27.5 Å². The molecule has 0 saturated heterocycles. The van der Waals surface area contributed by atoms with E-state index in [1.54, 1.807) is 0 Å². The smallest absolute Gasteiger partial charge is 0.435 e. The molecule has 192 valence electrons. The molecule has 2 aromatic carbocycles. The number of hydrogen-bond acceptors (Lipinski definition) is 9. The van der Waals surface area contributed by atoms with Crippen LogP contribution >= 0.6 is 0 Å². The number of hydroxylamine groups is 1. The first-order valence-corrected chi connectivity index (χ1v) is 11.1. The van der Waals surface area contributed by atoms with E-state index < -0.39 is 33.7 Å². The third-order valence-electron chi connectivity index (χ3n) is 4.20. The Hall–Kier alpha value is -4.05. The van der Waals surface area contributed by atoms with Gasteiger partial charge in [0.05, 0.1) is 4.90 Å². The number of nitrogens with one attached hydrogen (secondary N) is 2. The second-order valence-corrected chi connectivity index (χ2v) is 8.70. The summed E-state index contributed by atoms with van der Waals surface area (Å²) in [6.45, 7) is -2.96. The molecule has 3 rings (SSSR count). The van der Waals surface area contributed by atoms with Gasteiger partial charge >= 0.3 is 18.8 Å². The number of carbonyl (C=O) groups excluding carboxylic acids is 1. The van der Waals surface area contributed by atoms with Gasteiger partial charge in [-0.3, -0.25) is 0 Å². The SMILES string of the molecule is CN(OC(=O)C(F)(F)F)S(=O)(=O)c1cccc(Nc2cc(Nc3ccc(OC(F)F)cc3)ncn2)c1. The predicted molar refractivity (Wildman–Crippen MR) is 115 cm³/mol. The number of halogens is 5. The number of sulfonamides is 1. The molecule has 10 nitrogen and oxygen atoms in total. The third-order valence-corrected chi connectivity index (χ3v) is 5.81. The fraction of sp³-hybridized carbons (Fsp3) is 0.150. The molecule has 3 aromatic rings. The van der Waals surface area contributed by atoms with Crippen molar-refractivity contribution in [1.29, 1.82) is 0 Å². The largest absolute Gasteiger partial charge is 0.492 e. The van der Waals surface area contributed by atoms with Crippen molar-refractivity contribution >= 4 is 39.0 Å². The third kappa shape index (κ3) is 6.98. The summed E-state index contributed by atoms with van der Waals surface area (Å²) in [5.74, 6) is -2.23. The highest BCUT2D eigenvalue weighted by molar-refractivity contribution is 7.89. The molecular weight excluding hydrogens is 517 g/mol. The summed E-state index contributed by atoms with van der Waals surface area (Å²) in [6, 6.07) is 12.0. The van der Waals surface area contributed by atoms with Crippen LogP contribution in [-0.4, -0.2) is 48.7 Å². The van der Waals surface area contributed by atoms with Gasteiger partial charge in [0.2, 0.25) is 0 Å². The number of anilines is 4. The average molecular weight is 533 g/mol. The molecule has 0 saturated carbocycles. The van der Waals surface area contributed by atoms with Crippen molar-refractivity contribution in [2.45, 2.75) is 17.7 Å². The van der Waals surface area contributed by atoms with Crippen LogP contribution in [0.1, 0.15) is 0 Å². The van der Waals surface area contributed by atoms with Crippen LogP contribution in [0.4, 0.5) is 45.0 Å². The van der Waals surface area contributed by atoms with E-state index in [0.717, 1.165) is 12.1 Å². The fourth-order valence-corrected chi connectivity index (χ4v) is 3.60. The molecule has 0 aliphatic carbocycles. The van der Waals surface area contributed by atoms with Crippen molar-refractivity contribution in [1.82, 2.24) is 14.4 Å². The number of ether oxygens (including phenoxy) is 1. The first-order valence-electron chi connectivity index (χ1n) is 9.63. The normalized spacial score (nSPS) is 11.9. The summed E-state index contributed by atoms with van der Waals surface area (Å²) >= 11 is 0. The maximum atomic E-state index is 12.5. The number of rotatable bonds is 9. The van der Waals surface area contributed by atoms with E-state index in [9.17, 15) is 35.2 Å². The van der Waals surface area contributed by atoms with Gasteiger partial charge < -0.3 is 20.2 Å². The molecule has 0 radical (unpaired) electrons. The maximum absolute atomic E-state index is 12.5. The van der Waals surface area contributed by atoms with Crippen molar-refractivity contribution in [2.75, 3.05) is 17.7 Å². The van der Waals surface area contributed by atoms with E-state index >= 15 is 0 Å². The topological polar surface area (TPSA) is 123 Å². The highest BCUT2D eigenvalue weighted by atomic mass is 32.2. The molecule has 0 aliphatic heterocycles. The van der Waals surface area contributed by atoms with E-state index in [1.165, 1.54) is 48.8 Å². The van der Waals surface area contributed by atoms with Gasteiger partial charge in [-0.15, -0.1) is 0 Å². The lowest BCUT2D eigenvalue weighted by atomic mass is 10.3. The molecule has 1 aromatic heterocycles. The van der Waals surface area contributed by atoms with Gasteiger partial charge in [0.15, 0.2) is 0 Å². The van der Waals surface area contributed by atoms with Gasteiger partial charge in [-0.1, -0.05) is 6.07 Å². The predicted octanol–water partition coefficient (Wildman–Crippen LogP) is 4.21. The standard InChI is InChI=1S/C20H16F5N5O5S/c1-30(35-18(31)20(23,24)25)36(32,33)15-4-2-3-13(9-15)29-17-10-16(26-11-27-17)28-12-5-7-14(8-6-12)34-19(21)22/h2-11,19H,1H3,(H2,26,27,28,29). The highest BCUT2D eigenvalue weighted by Gasteiger charge is 2.43. The summed E-state index contributed by atoms with van der Waals surface area (Å²) in [5.41, 5.74) is 0.676. The van der Waals surface area contributed by atoms with Gasteiger partial charge in [0, 0.05) is 24.5 Å². The molecule has 0 aliphatic rings. The Bertz CT molecular complexity index is 1320. The van der Waals surface area contributed by atoms with E-state index in [4.69, 9.17) is 0 Å². The molecule has 36 heavy (non-hydrogen) atoms. The van der Waals surface area contributed by atoms with Crippen molar-refractivity contribution in [3.05, 3.63) is 60.9 Å². The Labute approximate surface area is 200 Å². The Morgan fingerprint density at radius 2 is 1.58 bits per heavy atom. The molecule has 2 N–H and O–H groups in total. The fourth-order valence-electron chi connectivity index (χ4n) is 2.61. The first-order chi connectivity index (χ1) is 16.8. The second kappa shape index (κ2) is 10.7. The Balaban J connectivity index is 1.72. The maximum Gasteiger partial charge on any atom is 0.492 e. The van der Waals surface area contributed by atoms with Crippen LogP contribution in [0.5, 0.6) is 5.75 Å². The van der Waals surface area contributed by atoms with Crippen molar-refractivity contribution in [3.63, 3.8) is 0 Å². The molecule has 0 spiro atoms. The van der Waals surface area contributed by atoms with Gasteiger partial charge in [-0.25, -0.2) is 23.2 Å². The molecule has 0 atom stereocenters. The van der Waals surface area contributed by atoms with Crippen molar-refractivity contribution in [3.8, 4) is 5.75 Å². The summed E-state index contributed by atoms with van der Waals surface area (Å²) in [5, 5.41) is 5.73. The molecule has 0 amide bonds. The van der Waals surface area contributed by atoms with Crippen molar-refractivity contribution in [2.24, 2.45) is 0 Å². The minimum absolute atomic E-state index is 0.0331. The van der Waals surface area contributed by atoms with E-state index in [0.29, 0.717) is 12.7 Å². The second-order valence-electron chi connectivity index (χ2n) is 6.76. The lowest BCUT2D eigenvalue weighted by Gasteiger charge is -2.17. The first kappa shape index (κ1) is 26.6. The number of benzene rings is 2. The zero-order chi connectivity index (χ0) is 26.5. The Morgan fingerprint density at radius 3 is 2.17 bits per heavy atom. The molecule has 0 bridgehead atoms. The summed E-state index contributed by atoms with van der Waals surface area (Å²) in [6.07, 6.45) is -4.20. The lowest BCUT2D eigenvalue weighted by Crippen LogP contribution is -2.36. The highest BCUT2D eigenvalue weighted by Crippen LogP contribution is 2.25. The zero-order valence-electron chi connectivity index (χ0n) is 18.0. The van der Waals surface area contributed by atoms with Gasteiger partial charge in [0.25, 0.3) is 10.0 Å². The van der Waals surface area contributed by atoms with Crippen LogP contribution < -0.4 is 15.4 Å². The number of nitrogens with zero attached hydrogens (tertiary/aromatic N) is 3. The van der Waals surface area contributed by atoms with E-state index in [2.05, 4.69) is 30.2 Å². The number of hydrogen-bond donors (Lipinski definition) is 2. The zero-order valence-corrected chi connectivity index (χ0v) is 18.8. The number of alkyl halides is 5. The average Bonchev–Trinajstić information content (AvgIpc) is 2.80. The summed E-state index contributed by atoms with van der Waals surface area (Å²) < 4.78 is 90.8. The summed E-state index contributed by atoms with van der Waals surface area (Å²) in [4.78, 5) is 22.4. The van der Waals surface area contributed by atoms with Gasteiger partial charge in [-0.2, -0.15) is 22.0 Å². The van der Waals surface area contributed by atoms with Crippen LogP contribution in [0.2, 0.25) is 0 Å². The molecule has 0 unspecified atom stereocenters. The lowest BCUT2D eigenvalue weighted by molar-refractivity contribution is -0.219. The number of carbonyl (C=O) groups is 1. The quantitative estimate of drug-likeness (QED) is 0.308. The number of aromatic nitrogens is 2. The molecular formula is C20H16F5N5O5S. The van der Waals surface area contributed by atoms with Crippen LogP contribution in [0.25, 0.3) is 0 Å².